The molecule has 0 fully saturated rings. The molecule has 0 amide bonds. The second kappa shape index (κ2) is 11.2. The van der Waals surface area contributed by atoms with Crippen LogP contribution in [0.4, 0.5) is 0 Å². The summed E-state index contributed by atoms with van der Waals surface area (Å²) in [5, 5.41) is 5.01. The Bertz CT molecular complexity index is 2060. The van der Waals surface area contributed by atoms with Crippen molar-refractivity contribution < 1.29 is 0 Å². The Morgan fingerprint density at radius 3 is 0.886 bits per heavy atom. The predicted octanol–water partition coefficient (Wildman–Crippen LogP) is 12.3. The average molecular weight is 559 g/mol. The smallest absolute Gasteiger partial charge is 0.00928 e. The zero-order valence-electron chi connectivity index (χ0n) is 24.3. The van der Waals surface area contributed by atoms with Crippen LogP contribution in [0.5, 0.6) is 0 Å². The molecule has 0 aromatic heterocycles. The van der Waals surface area contributed by atoms with E-state index >= 15 is 0 Å². The quantitative estimate of drug-likeness (QED) is 0.197. The van der Waals surface area contributed by atoms with Crippen LogP contribution in [0, 0.1) is 0 Å². The fraction of sp³-hybridized carbons (Fsp3) is 0. The molecule has 0 unspecified atom stereocenters. The Labute approximate surface area is 258 Å². The Balaban J connectivity index is 1.28. The van der Waals surface area contributed by atoms with Crippen LogP contribution < -0.4 is 0 Å². The monoisotopic (exact) mass is 558 g/mol. The van der Waals surface area contributed by atoms with E-state index in [9.17, 15) is 0 Å². The Kier molecular flexibility index (Phi) is 6.59. The zero-order valence-corrected chi connectivity index (χ0v) is 24.3. The van der Waals surface area contributed by atoms with Crippen LogP contribution >= 0.6 is 0 Å². The summed E-state index contributed by atoms with van der Waals surface area (Å²) in [5.41, 5.74) is 12.3. The molecule has 206 valence electrons. The normalized spacial score (nSPS) is 11.2. The maximum absolute atomic E-state index is 2.38. The summed E-state index contributed by atoms with van der Waals surface area (Å²) in [6.07, 6.45) is 0. The third kappa shape index (κ3) is 4.87. The molecular weight excluding hydrogens is 528 g/mol. The molecule has 0 radical (unpaired) electrons. The minimum Gasteiger partial charge on any atom is -0.0622 e. The van der Waals surface area contributed by atoms with E-state index in [1.807, 2.05) is 0 Å². The van der Waals surface area contributed by atoms with Gasteiger partial charge in [0.05, 0.1) is 0 Å². The highest BCUT2D eigenvalue weighted by atomic mass is 14.2. The van der Waals surface area contributed by atoms with E-state index in [-0.39, 0.29) is 0 Å². The molecule has 0 bridgehead atoms. The molecule has 0 N–H and O–H groups in total. The highest BCUT2D eigenvalue weighted by Crippen LogP contribution is 2.40. The third-order valence-electron chi connectivity index (χ3n) is 8.66. The van der Waals surface area contributed by atoms with Crippen molar-refractivity contribution in [2.75, 3.05) is 0 Å². The number of rotatable bonds is 5. The maximum atomic E-state index is 2.38. The van der Waals surface area contributed by atoms with Crippen LogP contribution in [0.3, 0.4) is 0 Å². The Morgan fingerprint density at radius 1 is 0.205 bits per heavy atom. The van der Waals surface area contributed by atoms with Crippen LogP contribution in [0.25, 0.3) is 77.2 Å². The predicted molar refractivity (Wildman–Crippen MR) is 189 cm³/mol. The molecule has 8 aromatic carbocycles. The minimum atomic E-state index is 1.22. The van der Waals surface area contributed by atoms with Crippen LogP contribution in [0.1, 0.15) is 0 Å². The van der Waals surface area contributed by atoms with Gasteiger partial charge >= 0.3 is 0 Å². The maximum Gasteiger partial charge on any atom is -0.00928 e. The van der Waals surface area contributed by atoms with Crippen molar-refractivity contribution in [1.82, 2.24) is 0 Å². The third-order valence-corrected chi connectivity index (χ3v) is 8.66. The van der Waals surface area contributed by atoms with Crippen molar-refractivity contribution in [3.05, 3.63) is 182 Å². The van der Waals surface area contributed by atoms with Crippen molar-refractivity contribution in [2.24, 2.45) is 0 Å². The summed E-state index contributed by atoms with van der Waals surface area (Å²) < 4.78 is 0. The standard InChI is InChI=1S/C44H30/c1-3-11-31(12-4-1)33-19-23-35(24-20-33)39-27-37-15-7-9-17-41(37)43(29-39)44-30-40(28-38-16-8-10-18-42(38)44)36-25-21-34(22-26-36)32-13-5-2-6-14-32/h1-30H. The van der Waals surface area contributed by atoms with E-state index in [0.717, 1.165) is 0 Å². The lowest BCUT2D eigenvalue weighted by Gasteiger charge is -2.16. The van der Waals surface area contributed by atoms with Gasteiger partial charge in [-0.1, -0.05) is 158 Å². The molecule has 0 spiro atoms. The van der Waals surface area contributed by atoms with E-state index in [0.29, 0.717) is 0 Å². The van der Waals surface area contributed by atoms with Crippen molar-refractivity contribution in [3.8, 4) is 55.6 Å². The van der Waals surface area contributed by atoms with Crippen molar-refractivity contribution in [2.45, 2.75) is 0 Å². The number of fused-ring (bicyclic) bond motifs is 2. The van der Waals surface area contributed by atoms with Crippen LogP contribution in [-0.4, -0.2) is 0 Å². The van der Waals surface area contributed by atoms with Gasteiger partial charge in [-0.2, -0.15) is 0 Å². The highest BCUT2D eigenvalue weighted by Gasteiger charge is 2.13. The summed E-state index contributed by atoms with van der Waals surface area (Å²) in [5.74, 6) is 0. The SMILES string of the molecule is c1ccc(-c2ccc(-c3cc(-c4cc(-c5ccc(-c6ccccc6)cc5)cc5ccccc45)c4ccccc4c3)cc2)cc1. The lowest BCUT2D eigenvalue weighted by molar-refractivity contribution is 1.59. The lowest BCUT2D eigenvalue weighted by atomic mass is 9.88. The minimum absolute atomic E-state index is 1.22. The second-order valence-corrected chi connectivity index (χ2v) is 11.4. The van der Waals surface area contributed by atoms with E-state index < -0.39 is 0 Å². The first-order valence-corrected chi connectivity index (χ1v) is 15.2. The van der Waals surface area contributed by atoms with Crippen molar-refractivity contribution >= 4 is 21.5 Å². The topological polar surface area (TPSA) is 0 Å². The molecule has 0 saturated carbocycles. The van der Waals surface area contributed by atoms with Crippen LogP contribution in [-0.2, 0) is 0 Å². The molecule has 8 aromatic rings. The number of benzene rings is 8. The van der Waals surface area contributed by atoms with E-state index in [1.54, 1.807) is 0 Å². The highest BCUT2D eigenvalue weighted by molar-refractivity contribution is 6.08. The summed E-state index contributed by atoms with van der Waals surface area (Å²) >= 11 is 0. The molecule has 0 aliphatic carbocycles. The van der Waals surface area contributed by atoms with Gasteiger partial charge < -0.3 is 0 Å². The molecule has 0 aliphatic rings. The first-order chi connectivity index (χ1) is 21.8. The molecule has 0 heterocycles. The first-order valence-electron chi connectivity index (χ1n) is 15.2. The first kappa shape index (κ1) is 25.9. The molecule has 0 saturated heterocycles. The van der Waals surface area contributed by atoms with E-state index in [1.165, 1.54) is 77.2 Å². The fourth-order valence-electron chi connectivity index (χ4n) is 6.37. The molecule has 0 nitrogen and oxygen atoms in total. The lowest BCUT2D eigenvalue weighted by Crippen LogP contribution is -1.89. The van der Waals surface area contributed by atoms with Gasteiger partial charge in [0.1, 0.15) is 0 Å². The van der Waals surface area contributed by atoms with Gasteiger partial charge in [-0.3, -0.25) is 0 Å². The van der Waals surface area contributed by atoms with Gasteiger partial charge in [-0.15, -0.1) is 0 Å². The average Bonchev–Trinajstić information content (AvgIpc) is 3.11. The van der Waals surface area contributed by atoms with E-state index in [2.05, 4.69) is 182 Å². The van der Waals surface area contributed by atoms with Crippen LogP contribution in [0.2, 0.25) is 0 Å². The van der Waals surface area contributed by atoms with Gasteiger partial charge in [0.2, 0.25) is 0 Å². The van der Waals surface area contributed by atoms with Gasteiger partial charge in [0.15, 0.2) is 0 Å². The molecule has 0 heteroatoms. The van der Waals surface area contributed by atoms with Gasteiger partial charge in [-0.05, 0) is 101 Å². The molecular formula is C44H30. The molecule has 0 atom stereocenters. The van der Waals surface area contributed by atoms with E-state index in [4.69, 9.17) is 0 Å². The molecule has 0 aliphatic heterocycles. The van der Waals surface area contributed by atoms with Gasteiger partial charge in [0.25, 0.3) is 0 Å². The summed E-state index contributed by atoms with van der Waals surface area (Å²) in [6.45, 7) is 0. The van der Waals surface area contributed by atoms with Crippen LogP contribution in [0.15, 0.2) is 182 Å². The number of hydrogen-bond donors (Lipinski definition) is 0. The number of hydrogen-bond acceptors (Lipinski definition) is 0. The fourth-order valence-corrected chi connectivity index (χ4v) is 6.37. The largest absolute Gasteiger partial charge is 0.0622 e. The van der Waals surface area contributed by atoms with Gasteiger partial charge in [0, 0.05) is 0 Å². The zero-order chi connectivity index (χ0) is 29.3. The van der Waals surface area contributed by atoms with Crippen molar-refractivity contribution in [3.63, 3.8) is 0 Å². The second-order valence-electron chi connectivity index (χ2n) is 11.4. The summed E-state index contributed by atoms with van der Waals surface area (Å²) in [4.78, 5) is 0. The molecule has 8 rings (SSSR count). The summed E-state index contributed by atoms with van der Waals surface area (Å²) in [6, 6.07) is 66.0. The molecule has 44 heavy (non-hydrogen) atoms. The Hall–Kier alpha value is -5.72. The van der Waals surface area contributed by atoms with Crippen molar-refractivity contribution in [1.29, 1.82) is 0 Å². The Morgan fingerprint density at radius 2 is 0.500 bits per heavy atom. The van der Waals surface area contributed by atoms with Gasteiger partial charge in [-0.25, -0.2) is 0 Å². The summed E-state index contributed by atoms with van der Waals surface area (Å²) in [7, 11) is 0.